The highest BCUT2D eigenvalue weighted by Crippen LogP contribution is 2.23. The third-order valence-corrected chi connectivity index (χ3v) is 3.07. The van der Waals surface area contributed by atoms with Crippen LogP contribution in [-0.4, -0.2) is 0 Å². The van der Waals surface area contributed by atoms with Crippen LogP contribution in [0.5, 0.6) is 0 Å². The van der Waals surface area contributed by atoms with Crippen molar-refractivity contribution in [3.63, 3.8) is 0 Å². The number of aryl methyl sites for hydroxylation is 2. The van der Waals surface area contributed by atoms with Crippen molar-refractivity contribution in [3.05, 3.63) is 65.4 Å². The molecule has 0 heterocycles. The Bertz CT molecular complexity index is 478. The summed E-state index contributed by atoms with van der Waals surface area (Å²) in [5.41, 5.74) is 11.6. The van der Waals surface area contributed by atoms with Gasteiger partial charge in [0.15, 0.2) is 0 Å². The molecule has 1 heteroatoms. The third-order valence-electron chi connectivity index (χ3n) is 3.07. The molecule has 0 aliphatic rings. The summed E-state index contributed by atoms with van der Waals surface area (Å²) in [5.74, 6) is 0. The summed E-state index contributed by atoms with van der Waals surface area (Å²) in [6.45, 7) is 10.6. The summed E-state index contributed by atoms with van der Waals surface area (Å²) in [4.78, 5) is 0. The third kappa shape index (κ3) is 3.63. The van der Waals surface area contributed by atoms with Gasteiger partial charge in [0.05, 0.1) is 0 Å². The number of nitrogens with two attached hydrogens (primary N) is 1. The SMILES string of the molecule is C=C(/C=C(\C=C/N)CC)c1cc(C)ccc1CC. The molecule has 1 nitrogen and oxygen atoms in total. The molecule has 0 saturated heterocycles. The molecule has 0 aliphatic carbocycles. The van der Waals surface area contributed by atoms with E-state index >= 15 is 0 Å². The molecule has 0 spiro atoms. The summed E-state index contributed by atoms with van der Waals surface area (Å²) in [6.07, 6.45) is 7.63. The highest BCUT2D eigenvalue weighted by molar-refractivity contribution is 5.75. The van der Waals surface area contributed by atoms with Gasteiger partial charge in [0.1, 0.15) is 0 Å². The van der Waals surface area contributed by atoms with Gasteiger partial charge in [-0.25, -0.2) is 0 Å². The van der Waals surface area contributed by atoms with Crippen LogP contribution in [0.15, 0.2) is 48.7 Å². The molecule has 0 bridgehead atoms. The molecule has 1 rings (SSSR count). The molecule has 0 atom stereocenters. The van der Waals surface area contributed by atoms with Crippen LogP contribution >= 0.6 is 0 Å². The van der Waals surface area contributed by atoms with Crippen molar-refractivity contribution in [2.75, 3.05) is 0 Å². The molecule has 0 fully saturated rings. The quantitative estimate of drug-likeness (QED) is 0.761. The molecule has 18 heavy (non-hydrogen) atoms. The second-order valence-electron chi connectivity index (χ2n) is 4.47. The fourth-order valence-electron chi connectivity index (χ4n) is 1.99. The number of hydrogen-bond acceptors (Lipinski definition) is 1. The smallest absolute Gasteiger partial charge is 0.00596 e. The van der Waals surface area contributed by atoms with Gasteiger partial charge in [-0.3, -0.25) is 0 Å². The van der Waals surface area contributed by atoms with Crippen LogP contribution in [0.4, 0.5) is 0 Å². The van der Waals surface area contributed by atoms with Crippen LogP contribution in [0.2, 0.25) is 0 Å². The van der Waals surface area contributed by atoms with Crippen molar-refractivity contribution in [1.29, 1.82) is 0 Å². The fourth-order valence-corrected chi connectivity index (χ4v) is 1.99. The van der Waals surface area contributed by atoms with E-state index in [4.69, 9.17) is 5.73 Å². The fraction of sp³-hybridized carbons (Fsp3) is 0.294. The summed E-state index contributed by atoms with van der Waals surface area (Å²) in [6, 6.07) is 6.55. The van der Waals surface area contributed by atoms with Crippen molar-refractivity contribution in [2.24, 2.45) is 5.73 Å². The Labute approximate surface area is 111 Å². The Hall–Kier alpha value is -1.76. The second kappa shape index (κ2) is 6.85. The Balaban J connectivity index is 3.13. The molecular formula is C17H23N. The van der Waals surface area contributed by atoms with Gasteiger partial charge in [0.25, 0.3) is 0 Å². The average Bonchev–Trinajstić information content (AvgIpc) is 2.38. The first-order chi connectivity index (χ1) is 8.62. The Morgan fingerprint density at radius 3 is 2.61 bits per heavy atom. The van der Waals surface area contributed by atoms with Crippen LogP contribution < -0.4 is 5.73 Å². The van der Waals surface area contributed by atoms with E-state index < -0.39 is 0 Å². The van der Waals surface area contributed by atoms with E-state index in [1.807, 2.05) is 6.08 Å². The maximum atomic E-state index is 5.45. The molecule has 0 unspecified atom stereocenters. The van der Waals surface area contributed by atoms with Crippen LogP contribution in [0.3, 0.4) is 0 Å². The molecule has 0 saturated carbocycles. The van der Waals surface area contributed by atoms with E-state index in [1.54, 1.807) is 6.20 Å². The molecule has 0 aliphatic heterocycles. The van der Waals surface area contributed by atoms with E-state index in [9.17, 15) is 0 Å². The molecule has 1 aromatic rings. The van der Waals surface area contributed by atoms with Gasteiger partial charge in [-0.1, -0.05) is 50.3 Å². The minimum atomic E-state index is 0.958. The lowest BCUT2D eigenvalue weighted by Gasteiger charge is -2.10. The van der Waals surface area contributed by atoms with Gasteiger partial charge in [-0.2, -0.15) is 0 Å². The zero-order valence-corrected chi connectivity index (χ0v) is 11.7. The number of hydrogen-bond donors (Lipinski definition) is 1. The van der Waals surface area contributed by atoms with Gasteiger partial charge in [0, 0.05) is 0 Å². The Morgan fingerprint density at radius 1 is 1.33 bits per heavy atom. The van der Waals surface area contributed by atoms with E-state index in [2.05, 4.69) is 51.6 Å². The molecule has 0 amide bonds. The number of benzene rings is 1. The van der Waals surface area contributed by atoms with Crippen molar-refractivity contribution in [2.45, 2.75) is 33.6 Å². The zero-order valence-electron chi connectivity index (χ0n) is 11.7. The topological polar surface area (TPSA) is 26.0 Å². The predicted molar refractivity (Wildman–Crippen MR) is 81.3 cm³/mol. The van der Waals surface area contributed by atoms with Gasteiger partial charge < -0.3 is 5.73 Å². The van der Waals surface area contributed by atoms with E-state index in [0.29, 0.717) is 0 Å². The van der Waals surface area contributed by atoms with Crippen molar-refractivity contribution in [1.82, 2.24) is 0 Å². The standard InChI is InChI=1S/C17H23N/c1-5-15(9-10-18)12-14(4)17-11-13(3)7-8-16(17)6-2/h7-12H,4-6,18H2,1-3H3/b10-9-,15-12-. The second-order valence-corrected chi connectivity index (χ2v) is 4.47. The monoisotopic (exact) mass is 241 g/mol. The normalized spacial score (nSPS) is 12.1. The van der Waals surface area contributed by atoms with Gasteiger partial charge >= 0.3 is 0 Å². The first-order valence-corrected chi connectivity index (χ1v) is 6.50. The lowest BCUT2D eigenvalue weighted by Crippen LogP contribution is -1.92. The first-order valence-electron chi connectivity index (χ1n) is 6.50. The summed E-state index contributed by atoms with van der Waals surface area (Å²) < 4.78 is 0. The maximum Gasteiger partial charge on any atom is -0.00596 e. The van der Waals surface area contributed by atoms with Crippen molar-refractivity contribution >= 4 is 5.57 Å². The minimum absolute atomic E-state index is 0.958. The molecule has 0 aromatic heterocycles. The highest BCUT2D eigenvalue weighted by atomic mass is 14.5. The maximum absolute atomic E-state index is 5.45. The molecule has 0 radical (unpaired) electrons. The number of rotatable bonds is 5. The van der Waals surface area contributed by atoms with Crippen molar-refractivity contribution < 1.29 is 0 Å². The Morgan fingerprint density at radius 2 is 2.06 bits per heavy atom. The first kappa shape index (κ1) is 14.3. The van der Waals surface area contributed by atoms with Crippen LogP contribution in [0, 0.1) is 6.92 Å². The molecule has 1 aromatic carbocycles. The summed E-state index contributed by atoms with van der Waals surface area (Å²) >= 11 is 0. The van der Waals surface area contributed by atoms with Gasteiger partial charge in [-0.15, -0.1) is 0 Å². The Kier molecular flexibility index (Phi) is 5.44. The molecular weight excluding hydrogens is 218 g/mol. The van der Waals surface area contributed by atoms with E-state index in [0.717, 1.165) is 18.4 Å². The summed E-state index contributed by atoms with van der Waals surface area (Å²) in [5, 5.41) is 0. The average molecular weight is 241 g/mol. The lowest BCUT2D eigenvalue weighted by atomic mass is 9.95. The van der Waals surface area contributed by atoms with Gasteiger partial charge in [-0.05, 0) is 54.3 Å². The molecule has 2 N–H and O–H groups in total. The zero-order chi connectivity index (χ0) is 13.5. The highest BCUT2D eigenvalue weighted by Gasteiger charge is 2.04. The lowest BCUT2D eigenvalue weighted by molar-refractivity contribution is 1.12. The predicted octanol–water partition coefficient (Wildman–Crippen LogP) is 4.38. The van der Waals surface area contributed by atoms with Gasteiger partial charge in [0.2, 0.25) is 0 Å². The van der Waals surface area contributed by atoms with Crippen LogP contribution in [0.25, 0.3) is 5.57 Å². The van der Waals surface area contributed by atoms with E-state index in [-0.39, 0.29) is 0 Å². The minimum Gasteiger partial charge on any atom is -0.405 e. The molecule has 96 valence electrons. The largest absolute Gasteiger partial charge is 0.405 e. The summed E-state index contributed by atoms with van der Waals surface area (Å²) in [7, 11) is 0. The van der Waals surface area contributed by atoms with Crippen LogP contribution in [0.1, 0.15) is 37.0 Å². The van der Waals surface area contributed by atoms with Crippen molar-refractivity contribution in [3.8, 4) is 0 Å². The van der Waals surface area contributed by atoms with E-state index in [1.165, 1.54) is 22.3 Å². The number of allylic oxidation sites excluding steroid dienone is 4. The van der Waals surface area contributed by atoms with Crippen LogP contribution in [-0.2, 0) is 6.42 Å².